The first-order valence-electron chi connectivity index (χ1n) is 4.25. The summed E-state index contributed by atoms with van der Waals surface area (Å²) in [4.78, 5) is 0. The first-order valence-corrected chi connectivity index (χ1v) is 4.25. The highest BCUT2D eigenvalue weighted by atomic mass is 19.1. The lowest BCUT2D eigenvalue weighted by Gasteiger charge is -2.02. The number of benzene rings is 1. The van der Waals surface area contributed by atoms with Crippen LogP contribution in [0.1, 0.15) is 18.9 Å². The lowest BCUT2D eigenvalue weighted by molar-refractivity contribution is 0.121. The van der Waals surface area contributed by atoms with Crippen LogP contribution < -0.4 is 0 Å². The van der Waals surface area contributed by atoms with E-state index in [0.29, 0.717) is 12.2 Å². The Bertz CT molecular complexity index is 253. The highest BCUT2D eigenvalue weighted by molar-refractivity contribution is 5.16. The van der Waals surface area contributed by atoms with Crippen molar-refractivity contribution in [2.75, 3.05) is 6.61 Å². The second-order valence-electron chi connectivity index (χ2n) is 2.83. The number of rotatable bonds is 4. The summed E-state index contributed by atoms with van der Waals surface area (Å²) in [6, 6.07) is 3.40. The maximum absolute atomic E-state index is 12.6. The van der Waals surface area contributed by atoms with E-state index >= 15 is 0 Å². The number of halogens is 2. The van der Waals surface area contributed by atoms with Crippen LogP contribution in [0.25, 0.3) is 0 Å². The Morgan fingerprint density at radius 3 is 2.31 bits per heavy atom. The van der Waals surface area contributed by atoms with Gasteiger partial charge in [0.25, 0.3) is 0 Å². The summed E-state index contributed by atoms with van der Waals surface area (Å²) in [5.41, 5.74) is 0.533. The molecule has 72 valence electrons. The maximum Gasteiger partial charge on any atom is 0.126 e. The van der Waals surface area contributed by atoms with Crippen LogP contribution in [-0.4, -0.2) is 6.61 Å². The Kier molecular flexibility index (Phi) is 3.83. The van der Waals surface area contributed by atoms with E-state index in [1.807, 2.05) is 6.92 Å². The summed E-state index contributed by atoms with van der Waals surface area (Å²) in [6.07, 6.45) is 0.901. The molecule has 1 nitrogen and oxygen atoms in total. The third-order valence-electron chi connectivity index (χ3n) is 1.54. The molecule has 3 heteroatoms. The van der Waals surface area contributed by atoms with Gasteiger partial charge in [0.15, 0.2) is 0 Å². The number of hydrogen-bond donors (Lipinski definition) is 0. The van der Waals surface area contributed by atoms with Gasteiger partial charge in [-0.25, -0.2) is 8.78 Å². The molecule has 0 N–H and O–H groups in total. The van der Waals surface area contributed by atoms with Gasteiger partial charge in [-0.1, -0.05) is 6.92 Å². The molecule has 0 unspecified atom stereocenters. The highest BCUT2D eigenvalue weighted by Crippen LogP contribution is 2.08. The molecule has 0 aliphatic rings. The second kappa shape index (κ2) is 4.92. The summed E-state index contributed by atoms with van der Waals surface area (Å²) in [6.45, 7) is 2.85. The molecule has 13 heavy (non-hydrogen) atoms. The van der Waals surface area contributed by atoms with Crippen LogP contribution in [0, 0.1) is 11.6 Å². The summed E-state index contributed by atoms with van der Waals surface area (Å²) in [5.74, 6) is -1.12. The largest absolute Gasteiger partial charge is 0.377 e. The fourth-order valence-corrected chi connectivity index (χ4v) is 1.03. The molecule has 0 saturated heterocycles. The number of ether oxygens (including phenoxy) is 1. The Morgan fingerprint density at radius 2 is 1.77 bits per heavy atom. The molecule has 0 heterocycles. The van der Waals surface area contributed by atoms with Gasteiger partial charge in [0.2, 0.25) is 0 Å². The fourth-order valence-electron chi connectivity index (χ4n) is 1.03. The molecule has 1 aromatic rings. The highest BCUT2D eigenvalue weighted by Gasteiger charge is 1.99. The van der Waals surface area contributed by atoms with Gasteiger partial charge >= 0.3 is 0 Å². The first-order chi connectivity index (χ1) is 6.22. The maximum atomic E-state index is 12.6. The lowest BCUT2D eigenvalue weighted by Crippen LogP contribution is -1.95. The molecular formula is C10H12F2O. The fraction of sp³-hybridized carbons (Fsp3) is 0.400. The SMILES string of the molecule is CCCOCc1cc(F)cc(F)c1. The van der Waals surface area contributed by atoms with Gasteiger partial charge in [0, 0.05) is 12.7 Å². The van der Waals surface area contributed by atoms with Gasteiger partial charge in [-0.3, -0.25) is 0 Å². The van der Waals surface area contributed by atoms with Gasteiger partial charge < -0.3 is 4.74 Å². The zero-order chi connectivity index (χ0) is 9.68. The van der Waals surface area contributed by atoms with Crippen LogP contribution in [0.15, 0.2) is 18.2 Å². The molecule has 0 atom stereocenters. The molecule has 0 radical (unpaired) electrons. The van der Waals surface area contributed by atoms with E-state index in [1.54, 1.807) is 0 Å². The molecule has 1 aromatic carbocycles. The summed E-state index contributed by atoms with van der Waals surface area (Å²) in [5, 5.41) is 0. The molecule has 0 aliphatic carbocycles. The minimum Gasteiger partial charge on any atom is -0.377 e. The normalized spacial score (nSPS) is 10.4. The predicted molar refractivity (Wildman–Crippen MR) is 46.3 cm³/mol. The van der Waals surface area contributed by atoms with Gasteiger partial charge in [-0.15, -0.1) is 0 Å². The van der Waals surface area contributed by atoms with Crippen molar-refractivity contribution in [2.24, 2.45) is 0 Å². The van der Waals surface area contributed by atoms with E-state index in [4.69, 9.17) is 4.74 Å². The number of hydrogen-bond acceptors (Lipinski definition) is 1. The van der Waals surface area contributed by atoms with Crippen LogP contribution >= 0.6 is 0 Å². The summed E-state index contributed by atoms with van der Waals surface area (Å²) < 4.78 is 30.4. The second-order valence-corrected chi connectivity index (χ2v) is 2.83. The smallest absolute Gasteiger partial charge is 0.126 e. The van der Waals surface area contributed by atoms with Crippen molar-refractivity contribution in [1.29, 1.82) is 0 Å². The quantitative estimate of drug-likeness (QED) is 0.657. The standard InChI is InChI=1S/C10H12F2O/c1-2-3-13-7-8-4-9(11)6-10(12)5-8/h4-6H,2-3,7H2,1H3. The summed E-state index contributed by atoms with van der Waals surface area (Å²) >= 11 is 0. The van der Waals surface area contributed by atoms with E-state index in [-0.39, 0.29) is 6.61 Å². The van der Waals surface area contributed by atoms with Crippen molar-refractivity contribution in [3.05, 3.63) is 35.4 Å². The van der Waals surface area contributed by atoms with Gasteiger partial charge in [-0.05, 0) is 24.1 Å². The zero-order valence-corrected chi connectivity index (χ0v) is 7.52. The van der Waals surface area contributed by atoms with Crippen molar-refractivity contribution in [1.82, 2.24) is 0 Å². The monoisotopic (exact) mass is 186 g/mol. The Labute approximate surface area is 76.3 Å². The van der Waals surface area contributed by atoms with Crippen molar-refractivity contribution in [3.63, 3.8) is 0 Å². The third-order valence-corrected chi connectivity index (χ3v) is 1.54. The van der Waals surface area contributed by atoms with E-state index < -0.39 is 11.6 Å². The van der Waals surface area contributed by atoms with Crippen molar-refractivity contribution in [3.8, 4) is 0 Å². The van der Waals surface area contributed by atoms with Crippen molar-refractivity contribution < 1.29 is 13.5 Å². The zero-order valence-electron chi connectivity index (χ0n) is 7.52. The molecule has 0 fully saturated rings. The van der Waals surface area contributed by atoms with E-state index in [9.17, 15) is 8.78 Å². The summed E-state index contributed by atoms with van der Waals surface area (Å²) in [7, 11) is 0. The van der Waals surface area contributed by atoms with Crippen molar-refractivity contribution in [2.45, 2.75) is 20.0 Å². The van der Waals surface area contributed by atoms with Crippen LogP contribution in [0.3, 0.4) is 0 Å². The van der Waals surface area contributed by atoms with Gasteiger partial charge in [-0.2, -0.15) is 0 Å². The Balaban J connectivity index is 2.56. The predicted octanol–water partition coefficient (Wildman–Crippen LogP) is 2.89. The van der Waals surface area contributed by atoms with Crippen LogP contribution in [0.5, 0.6) is 0 Å². The molecule has 0 aliphatic heterocycles. The topological polar surface area (TPSA) is 9.23 Å². The van der Waals surface area contributed by atoms with Gasteiger partial charge in [0.1, 0.15) is 11.6 Å². The van der Waals surface area contributed by atoms with Gasteiger partial charge in [0.05, 0.1) is 6.61 Å². The Hall–Kier alpha value is -0.960. The minimum atomic E-state index is -0.560. The minimum absolute atomic E-state index is 0.266. The lowest BCUT2D eigenvalue weighted by atomic mass is 10.2. The molecule has 0 aromatic heterocycles. The van der Waals surface area contributed by atoms with Crippen LogP contribution in [0.2, 0.25) is 0 Å². The molecule has 1 rings (SSSR count). The molecule has 0 spiro atoms. The Morgan fingerprint density at radius 1 is 1.15 bits per heavy atom. The van der Waals surface area contributed by atoms with Crippen LogP contribution in [0.4, 0.5) is 8.78 Å². The average Bonchev–Trinajstić information content (AvgIpc) is 2.03. The van der Waals surface area contributed by atoms with E-state index in [0.717, 1.165) is 12.5 Å². The first kappa shape index (κ1) is 10.1. The third kappa shape index (κ3) is 3.51. The molecular weight excluding hydrogens is 174 g/mol. The van der Waals surface area contributed by atoms with E-state index in [2.05, 4.69) is 0 Å². The molecule has 0 saturated carbocycles. The van der Waals surface area contributed by atoms with Crippen LogP contribution in [-0.2, 0) is 11.3 Å². The molecule has 0 amide bonds. The van der Waals surface area contributed by atoms with E-state index in [1.165, 1.54) is 12.1 Å². The van der Waals surface area contributed by atoms with Crippen molar-refractivity contribution >= 4 is 0 Å². The average molecular weight is 186 g/mol. The molecule has 0 bridgehead atoms.